The smallest absolute Gasteiger partial charge is 0.0715 e. The Morgan fingerprint density at radius 3 is 2.69 bits per heavy atom. The Hall–Kier alpha value is 0.1000. The van der Waals surface area contributed by atoms with Crippen LogP contribution in [-0.4, -0.2) is 36.8 Å². The molecule has 1 unspecified atom stereocenters. The van der Waals surface area contributed by atoms with E-state index in [4.69, 9.17) is 0 Å². The lowest BCUT2D eigenvalue weighted by Gasteiger charge is -2.14. The van der Waals surface area contributed by atoms with Gasteiger partial charge in [0, 0.05) is 17.8 Å². The van der Waals surface area contributed by atoms with Gasteiger partial charge >= 0.3 is 0 Å². The van der Waals surface area contributed by atoms with Crippen molar-refractivity contribution >= 4 is 27.3 Å². The molecular weight excluding hydrogens is 250 g/mol. The molecule has 0 aliphatic carbocycles. The SMILES string of the molecule is CN(C)CC(O)Cc1ccc(Br)s1. The molecule has 1 N–H and O–H groups in total. The maximum atomic E-state index is 9.63. The largest absolute Gasteiger partial charge is 0.391 e. The quantitative estimate of drug-likeness (QED) is 0.898. The van der Waals surface area contributed by atoms with Gasteiger partial charge in [-0.05, 0) is 42.2 Å². The fourth-order valence-corrected chi connectivity index (χ4v) is 2.73. The molecule has 74 valence electrons. The molecule has 0 fully saturated rings. The van der Waals surface area contributed by atoms with E-state index in [1.165, 1.54) is 4.88 Å². The van der Waals surface area contributed by atoms with Crippen molar-refractivity contribution in [3.8, 4) is 0 Å². The maximum Gasteiger partial charge on any atom is 0.0715 e. The molecule has 1 aromatic heterocycles. The van der Waals surface area contributed by atoms with Gasteiger partial charge in [-0.3, -0.25) is 0 Å². The van der Waals surface area contributed by atoms with Crippen molar-refractivity contribution < 1.29 is 5.11 Å². The molecule has 0 amide bonds. The van der Waals surface area contributed by atoms with Crippen molar-refractivity contribution in [1.29, 1.82) is 0 Å². The Morgan fingerprint density at radius 1 is 1.54 bits per heavy atom. The summed E-state index contributed by atoms with van der Waals surface area (Å²) in [6.07, 6.45) is 0.481. The van der Waals surface area contributed by atoms with Crippen molar-refractivity contribution in [1.82, 2.24) is 4.90 Å². The molecule has 0 saturated carbocycles. The number of aliphatic hydroxyl groups excluding tert-OH is 1. The highest BCUT2D eigenvalue weighted by Gasteiger charge is 2.07. The van der Waals surface area contributed by atoms with Gasteiger partial charge in [0.1, 0.15) is 0 Å². The summed E-state index contributed by atoms with van der Waals surface area (Å²) in [6, 6.07) is 4.07. The highest BCUT2D eigenvalue weighted by Crippen LogP contribution is 2.23. The van der Waals surface area contributed by atoms with E-state index in [2.05, 4.69) is 15.9 Å². The molecule has 0 bridgehead atoms. The molecule has 4 heteroatoms. The topological polar surface area (TPSA) is 23.5 Å². The molecule has 1 aromatic rings. The number of likely N-dealkylation sites (N-methyl/N-ethyl adjacent to an activating group) is 1. The van der Waals surface area contributed by atoms with Gasteiger partial charge in [0.25, 0.3) is 0 Å². The van der Waals surface area contributed by atoms with Crippen LogP contribution in [0.25, 0.3) is 0 Å². The predicted molar refractivity (Wildman–Crippen MR) is 60.3 cm³/mol. The van der Waals surface area contributed by atoms with Crippen LogP contribution in [-0.2, 0) is 6.42 Å². The average Bonchev–Trinajstić information content (AvgIpc) is 2.33. The third kappa shape index (κ3) is 4.22. The highest BCUT2D eigenvalue weighted by molar-refractivity contribution is 9.11. The highest BCUT2D eigenvalue weighted by atomic mass is 79.9. The van der Waals surface area contributed by atoms with Crippen molar-refractivity contribution in [2.45, 2.75) is 12.5 Å². The summed E-state index contributed by atoms with van der Waals surface area (Å²) in [4.78, 5) is 3.22. The van der Waals surface area contributed by atoms with E-state index in [0.29, 0.717) is 0 Å². The zero-order chi connectivity index (χ0) is 9.84. The molecule has 1 atom stereocenters. The first kappa shape index (κ1) is 11.2. The van der Waals surface area contributed by atoms with Gasteiger partial charge in [-0.25, -0.2) is 0 Å². The third-order valence-corrected chi connectivity index (χ3v) is 3.29. The molecule has 0 aliphatic heterocycles. The summed E-state index contributed by atoms with van der Waals surface area (Å²) < 4.78 is 1.12. The van der Waals surface area contributed by atoms with Crippen LogP contribution in [0.5, 0.6) is 0 Å². The van der Waals surface area contributed by atoms with Crippen LogP contribution in [0, 0.1) is 0 Å². The number of nitrogens with zero attached hydrogens (tertiary/aromatic N) is 1. The van der Waals surface area contributed by atoms with Gasteiger partial charge in [-0.15, -0.1) is 11.3 Å². The monoisotopic (exact) mass is 263 g/mol. The zero-order valence-corrected chi connectivity index (χ0v) is 10.2. The summed E-state index contributed by atoms with van der Waals surface area (Å²) in [5, 5.41) is 9.63. The summed E-state index contributed by atoms with van der Waals surface area (Å²) in [5.74, 6) is 0. The third-order valence-electron chi connectivity index (χ3n) is 1.64. The van der Waals surface area contributed by atoms with Gasteiger partial charge in [0.15, 0.2) is 0 Å². The summed E-state index contributed by atoms with van der Waals surface area (Å²) in [6.45, 7) is 0.718. The molecule has 2 nitrogen and oxygen atoms in total. The number of aliphatic hydroxyl groups is 1. The lowest BCUT2D eigenvalue weighted by atomic mass is 10.2. The molecule has 0 aromatic carbocycles. The first-order valence-corrected chi connectivity index (χ1v) is 5.76. The van der Waals surface area contributed by atoms with Crippen LogP contribution in [0.15, 0.2) is 15.9 Å². The lowest BCUT2D eigenvalue weighted by Crippen LogP contribution is -2.27. The van der Waals surface area contributed by atoms with Crippen LogP contribution >= 0.6 is 27.3 Å². The Labute approximate surface area is 91.3 Å². The molecule has 1 rings (SSSR count). The lowest BCUT2D eigenvalue weighted by molar-refractivity contribution is 0.138. The molecule has 13 heavy (non-hydrogen) atoms. The van der Waals surface area contributed by atoms with Crippen LogP contribution in [0.4, 0.5) is 0 Å². The minimum absolute atomic E-state index is 0.263. The fourth-order valence-electron chi connectivity index (χ4n) is 1.18. The van der Waals surface area contributed by atoms with Gasteiger partial charge < -0.3 is 10.0 Å². The van der Waals surface area contributed by atoms with Gasteiger partial charge in [-0.2, -0.15) is 0 Å². The standard InChI is InChI=1S/C9H14BrNOS/c1-11(2)6-7(12)5-8-3-4-9(10)13-8/h3-4,7,12H,5-6H2,1-2H3. The van der Waals surface area contributed by atoms with Crippen molar-refractivity contribution in [2.24, 2.45) is 0 Å². The normalized spacial score (nSPS) is 13.6. The number of halogens is 1. The van der Waals surface area contributed by atoms with E-state index in [9.17, 15) is 5.11 Å². The number of hydrogen-bond acceptors (Lipinski definition) is 3. The first-order chi connectivity index (χ1) is 6.08. The summed E-state index contributed by atoms with van der Waals surface area (Å²) in [5.41, 5.74) is 0. The Kier molecular flexibility index (Phi) is 4.38. The molecule has 0 radical (unpaired) electrons. The van der Waals surface area contributed by atoms with Crippen LogP contribution < -0.4 is 0 Å². The summed E-state index contributed by atoms with van der Waals surface area (Å²) >= 11 is 5.08. The van der Waals surface area contributed by atoms with Crippen LogP contribution in [0.3, 0.4) is 0 Å². The summed E-state index contributed by atoms with van der Waals surface area (Å²) in [7, 11) is 3.93. The van der Waals surface area contributed by atoms with E-state index in [1.54, 1.807) is 11.3 Å². The van der Waals surface area contributed by atoms with Crippen molar-refractivity contribution in [3.63, 3.8) is 0 Å². The van der Waals surface area contributed by atoms with E-state index < -0.39 is 0 Å². The van der Waals surface area contributed by atoms with E-state index in [0.717, 1.165) is 16.8 Å². The Balaban J connectivity index is 2.40. The average molecular weight is 264 g/mol. The van der Waals surface area contributed by atoms with Gasteiger partial charge in [0.2, 0.25) is 0 Å². The van der Waals surface area contributed by atoms with Gasteiger partial charge in [0.05, 0.1) is 9.89 Å². The number of thiophene rings is 1. The molecule has 0 aliphatic rings. The minimum Gasteiger partial charge on any atom is -0.391 e. The van der Waals surface area contributed by atoms with E-state index in [-0.39, 0.29) is 6.10 Å². The molecule has 1 heterocycles. The predicted octanol–water partition coefficient (Wildman–Crippen LogP) is 1.98. The first-order valence-electron chi connectivity index (χ1n) is 4.15. The van der Waals surface area contributed by atoms with Crippen molar-refractivity contribution in [3.05, 3.63) is 20.8 Å². The van der Waals surface area contributed by atoms with E-state index in [1.807, 2.05) is 31.1 Å². The van der Waals surface area contributed by atoms with E-state index >= 15 is 0 Å². The zero-order valence-electron chi connectivity index (χ0n) is 7.83. The van der Waals surface area contributed by atoms with Crippen molar-refractivity contribution in [2.75, 3.05) is 20.6 Å². The molecule has 0 saturated heterocycles. The Bertz CT molecular complexity index is 262. The number of rotatable bonds is 4. The number of hydrogen-bond donors (Lipinski definition) is 1. The minimum atomic E-state index is -0.263. The van der Waals surface area contributed by atoms with Crippen LogP contribution in [0.2, 0.25) is 0 Å². The van der Waals surface area contributed by atoms with Crippen LogP contribution in [0.1, 0.15) is 4.88 Å². The van der Waals surface area contributed by atoms with Gasteiger partial charge in [-0.1, -0.05) is 0 Å². The second kappa shape index (κ2) is 5.10. The fraction of sp³-hybridized carbons (Fsp3) is 0.556. The Morgan fingerprint density at radius 2 is 2.23 bits per heavy atom. The second-order valence-corrected chi connectivity index (χ2v) is 5.87. The second-order valence-electron chi connectivity index (χ2n) is 3.33. The molecular formula is C9H14BrNOS. The molecule has 0 spiro atoms. The maximum absolute atomic E-state index is 9.63.